The van der Waals surface area contributed by atoms with E-state index in [1.165, 1.54) is 4.90 Å². The number of rotatable bonds is 4. The fourth-order valence-corrected chi connectivity index (χ4v) is 3.05. The Morgan fingerprint density at radius 3 is 2.27 bits per heavy atom. The van der Waals surface area contributed by atoms with E-state index in [2.05, 4.69) is 29.8 Å². The lowest BCUT2D eigenvalue weighted by Gasteiger charge is -2.24. The average Bonchev–Trinajstić information content (AvgIpc) is 2.92. The van der Waals surface area contributed by atoms with Crippen LogP contribution in [0.3, 0.4) is 0 Å². The quantitative estimate of drug-likeness (QED) is 0.577. The molecule has 0 bridgehead atoms. The van der Waals surface area contributed by atoms with E-state index in [1.54, 1.807) is 0 Å². The van der Waals surface area contributed by atoms with E-state index in [9.17, 15) is 9.59 Å². The maximum atomic E-state index is 11.7. The van der Waals surface area contributed by atoms with Gasteiger partial charge in [-0.05, 0) is 18.3 Å². The summed E-state index contributed by atoms with van der Waals surface area (Å²) in [6.07, 6.45) is 0.800. The SMILES string of the molecule is CC(C)C(CBr)CN1C(=O)C2CC2C1=O. The number of nitrogens with zero attached hydrogens (tertiary/aromatic N) is 1. The molecule has 4 heteroatoms. The Labute approximate surface area is 98.3 Å². The summed E-state index contributed by atoms with van der Waals surface area (Å²) in [6, 6.07) is 0. The lowest BCUT2D eigenvalue weighted by atomic mass is 9.97. The molecule has 0 spiro atoms. The molecule has 3 atom stereocenters. The van der Waals surface area contributed by atoms with Crippen LogP contribution in [0.5, 0.6) is 0 Å². The zero-order valence-corrected chi connectivity index (χ0v) is 10.7. The van der Waals surface area contributed by atoms with Crippen LogP contribution in [0, 0.1) is 23.7 Å². The van der Waals surface area contributed by atoms with Crippen molar-refractivity contribution in [1.82, 2.24) is 4.90 Å². The first kappa shape index (κ1) is 11.1. The summed E-state index contributed by atoms with van der Waals surface area (Å²) < 4.78 is 0. The third kappa shape index (κ3) is 1.84. The summed E-state index contributed by atoms with van der Waals surface area (Å²) in [7, 11) is 0. The van der Waals surface area contributed by atoms with Crippen molar-refractivity contribution in [1.29, 1.82) is 0 Å². The monoisotopic (exact) mass is 273 g/mol. The Morgan fingerprint density at radius 1 is 1.33 bits per heavy atom. The molecule has 15 heavy (non-hydrogen) atoms. The molecule has 0 radical (unpaired) electrons. The molecule has 1 saturated heterocycles. The number of imide groups is 1. The van der Waals surface area contributed by atoms with Gasteiger partial charge in [0.2, 0.25) is 11.8 Å². The smallest absolute Gasteiger partial charge is 0.233 e. The van der Waals surface area contributed by atoms with Gasteiger partial charge in [0.15, 0.2) is 0 Å². The minimum atomic E-state index is 0.0423. The van der Waals surface area contributed by atoms with Crippen molar-refractivity contribution in [3.8, 4) is 0 Å². The van der Waals surface area contributed by atoms with Crippen LogP contribution in [0.4, 0.5) is 0 Å². The lowest BCUT2D eigenvalue weighted by molar-refractivity contribution is -0.142. The number of carbonyl (C=O) groups excluding carboxylic acids is 2. The number of hydrogen-bond donors (Lipinski definition) is 0. The third-order valence-electron chi connectivity index (χ3n) is 3.51. The van der Waals surface area contributed by atoms with Gasteiger partial charge in [0.05, 0.1) is 11.8 Å². The van der Waals surface area contributed by atoms with Crippen molar-refractivity contribution in [3.63, 3.8) is 0 Å². The van der Waals surface area contributed by atoms with Crippen LogP contribution in [0.25, 0.3) is 0 Å². The van der Waals surface area contributed by atoms with Gasteiger partial charge in [-0.15, -0.1) is 0 Å². The summed E-state index contributed by atoms with van der Waals surface area (Å²) >= 11 is 3.44. The van der Waals surface area contributed by atoms with Gasteiger partial charge in [-0.1, -0.05) is 29.8 Å². The number of carbonyl (C=O) groups is 2. The van der Waals surface area contributed by atoms with Crippen LogP contribution in [-0.4, -0.2) is 28.6 Å². The fraction of sp³-hybridized carbons (Fsp3) is 0.818. The Hall–Kier alpha value is -0.380. The van der Waals surface area contributed by atoms with Crippen molar-refractivity contribution in [3.05, 3.63) is 0 Å². The van der Waals surface area contributed by atoms with Gasteiger partial charge in [-0.2, -0.15) is 0 Å². The van der Waals surface area contributed by atoms with Crippen molar-refractivity contribution >= 4 is 27.7 Å². The highest BCUT2D eigenvalue weighted by molar-refractivity contribution is 9.09. The molecule has 1 saturated carbocycles. The summed E-state index contributed by atoms with van der Waals surface area (Å²) in [5, 5.41) is 0.844. The molecule has 1 aliphatic carbocycles. The van der Waals surface area contributed by atoms with Crippen LogP contribution < -0.4 is 0 Å². The molecule has 2 rings (SSSR count). The summed E-state index contributed by atoms with van der Waals surface area (Å²) in [5.41, 5.74) is 0. The molecule has 0 aromatic carbocycles. The number of likely N-dealkylation sites (tertiary alicyclic amines) is 1. The molecule has 0 aromatic heterocycles. The van der Waals surface area contributed by atoms with E-state index >= 15 is 0 Å². The normalized spacial score (nSPS) is 31.1. The maximum Gasteiger partial charge on any atom is 0.233 e. The first-order chi connectivity index (χ1) is 7.06. The number of hydrogen-bond acceptors (Lipinski definition) is 2. The predicted octanol–water partition coefficient (Wildman–Crippen LogP) is 1.66. The van der Waals surface area contributed by atoms with Crippen molar-refractivity contribution in [2.75, 3.05) is 11.9 Å². The summed E-state index contributed by atoms with van der Waals surface area (Å²) in [5.74, 6) is 1.08. The summed E-state index contributed by atoms with van der Waals surface area (Å²) in [6.45, 7) is 4.84. The van der Waals surface area contributed by atoms with Crippen LogP contribution in [0.1, 0.15) is 20.3 Å². The average molecular weight is 274 g/mol. The zero-order valence-electron chi connectivity index (χ0n) is 9.07. The van der Waals surface area contributed by atoms with Gasteiger partial charge in [-0.25, -0.2) is 0 Å². The fourth-order valence-electron chi connectivity index (χ4n) is 2.10. The standard InChI is InChI=1S/C11H16BrNO2/c1-6(2)7(4-12)5-13-10(14)8-3-9(8)11(13)15/h6-9H,3-5H2,1-2H3. The molecule has 1 aliphatic heterocycles. The number of piperidine rings is 1. The minimum absolute atomic E-state index is 0.0423. The Morgan fingerprint density at radius 2 is 1.87 bits per heavy atom. The van der Waals surface area contributed by atoms with E-state index in [1.807, 2.05) is 0 Å². The second-order valence-corrected chi connectivity index (χ2v) is 5.54. The lowest BCUT2D eigenvalue weighted by Crippen LogP contribution is -2.38. The molecule has 1 heterocycles. The third-order valence-corrected chi connectivity index (χ3v) is 4.35. The van der Waals surface area contributed by atoms with E-state index in [0.717, 1.165) is 11.8 Å². The molecular weight excluding hydrogens is 258 g/mol. The topological polar surface area (TPSA) is 37.4 Å². The van der Waals surface area contributed by atoms with E-state index in [0.29, 0.717) is 18.4 Å². The van der Waals surface area contributed by atoms with Crippen molar-refractivity contribution in [2.45, 2.75) is 20.3 Å². The second-order valence-electron chi connectivity index (χ2n) is 4.89. The van der Waals surface area contributed by atoms with Crippen molar-refractivity contribution < 1.29 is 9.59 Å². The number of halogens is 1. The van der Waals surface area contributed by atoms with Crippen LogP contribution in [-0.2, 0) is 9.59 Å². The number of amides is 2. The van der Waals surface area contributed by atoms with Gasteiger partial charge in [0, 0.05) is 11.9 Å². The first-order valence-electron chi connectivity index (χ1n) is 5.47. The molecular formula is C11H16BrNO2. The van der Waals surface area contributed by atoms with Crippen LogP contribution >= 0.6 is 15.9 Å². The zero-order chi connectivity index (χ0) is 11.2. The highest BCUT2D eigenvalue weighted by Gasteiger charge is 2.58. The predicted molar refractivity (Wildman–Crippen MR) is 60.4 cm³/mol. The number of fused-ring (bicyclic) bond motifs is 1. The van der Waals surface area contributed by atoms with Gasteiger partial charge in [-0.3, -0.25) is 14.5 Å². The molecule has 84 valence electrons. The maximum absolute atomic E-state index is 11.7. The highest BCUT2D eigenvalue weighted by atomic mass is 79.9. The molecule has 0 aromatic rings. The van der Waals surface area contributed by atoms with E-state index in [4.69, 9.17) is 0 Å². The molecule has 2 aliphatic rings. The first-order valence-corrected chi connectivity index (χ1v) is 6.59. The van der Waals surface area contributed by atoms with Crippen LogP contribution in [0.15, 0.2) is 0 Å². The molecule has 3 nitrogen and oxygen atoms in total. The van der Waals surface area contributed by atoms with Gasteiger partial charge in [0.1, 0.15) is 0 Å². The van der Waals surface area contributed by atoms with Crippen LogP contribution in [0.2, 0.25) is 0 Å². The van der Waals surface area contributed by atoms with Crippen molar-refractivity contribution in [2.24, 2.45) is 23.7 Å². The highest BCUT2D eigenvalue weighted by Crippen LogP contribution is 2.47. The Kier molecular flexibility index (Phi) is 2.88. The van der Waals surface area contributed by atoms with Gasteiger partial charge < -0.3 is 0 Å². The number of alkyl halides is 1. The molecule has 2 fully saturated rings. The molecule has 3 unspecified atom stereocenters. The van der Waals surface area contributed by atoms with E-state index in [-0.39, 0.29) is 23.7 Å². The Bertz CT molecular complexity index is 283. The largest absolute Gasteiger partial charge is 0.282 e. The second kappa shape index (κ2) is 3.89. The Balaban J connectivity index is 2.00. The minimum Gasteiger partial charge on any atom is -0.282 e. The summed E-state index contributed by atoms with van der Waals surface area (Å²) in [4.78, 5) is 24.9. The molecule has 0 N–H and O–H groups in total. The van der Waals surface area contributed by atoms with E-state index < -0.39 is 0 Å². The van der Waals surface area contributed by atoms with Gasteiger partial charge >= 0.3 is 0 Å². The van der Waals surface area contributed by atoms with Gasteiger partial charge in [0.25, 0.3) is 0 Å². The molecule has 2 amide bonds.